The van der Waals surface area contributed by atoms with Gasteiger partial charge in [-0.15, -0.1) is 0 Å². The smallest absolute Gasteiger partial charge is 0.253 e. The van der Waals surface area contributed by atoms with Crippen LogP contribution in [0.4, 0.5) is 0 Å². The Balaban J connectivity index is 2.03. The molecule has 1 aliphatic rings. The van der Waals surface area contributed by atoms with Gasteiger partial charge < -0.3 is 15.0 Å². The highest BCUT2D eigenvalue weighted by atomic mass is 35.5. The maximum atomic E-state index is 12.2. The van der Waals surface area contributed by atoms with Gasteiger partial charge in [-0.3, -0.25) is 9.59 Å². The number of carbonyl (C=O) groups is 2. The first-order valence-electron chi connectivity index (χ1n) is 8.93. The molecule has 1 fully saturated rings. The Morgan fingerprint density at radius 3 is 2.46 bits per heavy atom. The fraction of sp³-hybridized carbons (Fsp3) is 0.286. The Hall–Kier alpha value is -2.86. The second-order valence-electron chi connectivity index (χ2n) is 6.76. The first-order valence-corrected chi connectivity index (χ1v) is 9.31. The van der Waals surface area contributed by atoms with Gasteiger partial charge in [0.15, 0.2) is 0 Å². The van der Waals surface area contributed by atoms with Crippen LogP contribution in [0, 0.1) is 0 Å². The summed E-state index contributed by atoms with van der Waals surface area (Å²) in [6.07, 6.45) is 3.22. The summed E-state index contributed by atoms with van der Waals surface area (Å²) in [5.74, 6) is 0.306. The van der Waals surface area contributed by atoms with Crippen molar-refractivity contribution in [3.63, 3.8) is 0 Å². The summed E-state index contributed by atoms with van der Waals surface area (Å²) in [5.41, 5.74) is 3.00. The van der Waals surface area contributed by atoms with Crippen molar-refractivity contribution in [3.8, 4) is 5.88 Å². The van der Waals surface area contributed by atoms with Crippen LogP contribution < -0.4 is 10.1 Å². The molecule has 1 aliphatic heterocycles. The van der Waals surface area contributed by atoms with Gasteiger partial charge in [-0.2, -0.15) is 0 Å². The molecule has 1 N–H and O–H groups in total. The highest BCUT2D eigenvalue weighted by Gasteiger charge is 2.21. The third-order valence-electron chi connectivity index (χ3n) is 4.53. The van der Waals surface area contributed by atoms with E-state index in [1.807, 2.05) is 24.3 Å². The highest BCUT2D eigenvalue weighted by molar-refractivity contribution is 6.31. The number of nitrogens with one attached hydrogen (secondary N) is 1. The number of aromatic nitrogens is 1. The molecular weight excluding hydrogens is 378 g/mol. The minimum atomic E-state index is -0.0749. The standard InChI is InChI=1S/C21H22ClN3O3/c1-25(2)21(27)14-6-4-13(5-7-14)16(12-15-8-11-19(26)23-15)18-10-9-17(22)20(24-18)28-3/h4-7,9-10,12,15H,8,11H2,1-3H3,(H,23,26)/b16-12+/t15-/m1/s1. The van der Waals surface area contributed by atoms with Gasteiger partial charge in [-0.25, -0.2) is 4.98 Å². The van der Waals surface area contributed by atoms with E-state index in [2.05, 4.69) is 10.3 Å². The van der Waals surface area contributed by atoms with Crippen molar-refractivity contribution in [2.45, 2.75) is 18.9 Å². The van der Waals surface area contributed by atoms with Crippen LogP contribution in [0.2, 0.25) is 5.02 Å². The molecule has 3 rings (SSSR count). The predicted octanol–water partition coefficient (Wildman–Crippen LogP) is 3.16. The number of nitrogens with zero attached hydrogens (tertiary/aromatic N) is 2. The summed E-state index contributed by atoms with van der Waals surface area (Å²) < 4.78 is 5.25. The van der Waals surface area contributed by atoms with E-state index in [-0.39, 0.29) is 17.9 Å². The lowest BCUT2D eigenvalue weighted by Gasteiger charge is -2.14. The number of rotatable bonds is 5. The van der Waals surface area contributed by atoms with Crippen LogP contribution in [0.5, 0.6) is 5.88 Å². The molecule has 0 radical (unpaired) electrons. The second kappa shape index (κ2) is 8.44. The van der Waals surface area contributed by atoms with Crippen molar-refractivity contribution in [1.29, 1.82) is 0 Å². The molecular formula is C21H22ClN3O3. The van der Waals surface area contributed by atoms with Gasteiger partial charge in [0.1, 0.15) is 5.02 Å². The molecule has 7 heteroatoms. The van der Waals surface area contributed by atoms with Gasteiger partial charge >= 0.3 is 0 Å². The lowest BCUT2D eigenvalue weighted by atomic mass is 9.97. The van der Waals surface area contributed by atoms with Crippen LogP contribution in [0.3, 0.4) is 0 Å². The molecule has 1 aromatic carbocycles. The molecule has 6 nitrogen and oxygen atoms in total. The molecule has 28 heavy (non-hydrogen) atoms. The van der Waals surface area contributed by atoms with Crippen LogP contribution >= 0.6 is 11.6 Å². The molecule has 2 heterocycles. The monoisotopic (exact) mass is 399 g/mol. The van der Waals surface area contributed by atoms with E-state index in [9.17, 15) is 9.59 Å². The van der Waals surface area contributed by atoms with Crippen LogP contribution in [0.1, 0.15) is 34.5 Å². The summed E-state index contributed by atoms with van der Waals surface area (Å²) in [4.78, 5) is 29.8. The molecule has 2 amide bonds. The number of benzene rings is 1. The van der Waals surface area contributed by atoms with Gasteiger partial charge in [0.05, 0.1) is 12.8 Å². The van der Waals surface area contributed by atoms with Gasteiger partial charge in [0, 0.05) is 37.7 Å². The van der Waals surface area contributed by atoms with Gasteiger partial charge in [0.25, 0.3) is 5.91 Å². The van der Waals surface area contributed by atoms with E-state index < -0.39 is 0 Å². The molecule has 1 atom stereocenters. The van der Waals surface area contributed by atoms with E-state index in [1.165, 1.54) is 12.0 Å². The van der Waals surface area contributed by atoms with Gasteiger partial charge in [0.2, 0.25) is 11.8 Å². The Morgan fingerprint density at radius 1 is 1.21 bits per heavy atom. The lowest BCUT2D eigenvalue weighted by Crippen LogP contribution is -2.23. The maximum Gasteiger partial charge on any atom is 0.253 e. The zero-order chi connectivity index (χ0) is 20.3. The fourth-order valence-electron chi connectivity index (χ4n) is 3.06. The van der Waals surface area contributed by atoms with Crippen LogP contribution in [0.15, 0.2) is 42.5 Å². The molecule has 1 saturated heterocycles. The number of hydrogen-bond acceptors (Lipinski definition) is 4. The van der Waals surface area contributed by atoms with Crippen molar-refractivity contribution < 1.29 is 14.3 Å². The topological polar surface area (TPSA) is 71.5 Å². The lowest BCUT2D eigenvalue weighted by molar-refractivity contribution is -0.119. The van der Waals surface area contributed by atoms with E-state index in [0.29, 0.717) is 28.6 Å². The quantitative estimate of drug-likeness (QED) is 0.838. The SMILES string of the molecule is COc1nc(/C(=C/[C@H]2CCC(=O)N2)c2ccc(C(=O)N(C)C)cc2)ccc1Cl. The first kappa shape index (κ1) is 19.9. The Bertz CT molecular complexity index is 923. The summed E-state index contributed by atoms with van der Waals surface area (Å²) >= 11 is 6.12. The van der Waals surface area contributed by atoms with Crippen LogP contribution in [-0.4, -0.2) is 48.9 Å². The highest BCUT2D eigenvalue weighted by Crippen LogP contribution is 2.29. The minimum Gasteiger partial charge on any atom is -0.480 e. The van der Waals surface area contributed by atoms with Crippen molar-refractivity contribution >= 4 is 29.0 Å². The number of pyridine rings is 1. The molecule has 0 bridgehead atoms. The summed E-state index contributed by atoms with van der Waals surface area (Å²) in [6.45, 7) is 0. The van der Waals surface area contributed by atoms with Crippen molar-refractivity contribution in [2.75, 3.05) is 21.2 Å². The van der Waals surface area contributed by atoms with Crippen molar-refractivity contribution in [2.24, 2.45) is 0 Å². The molecule has 0 unspecified atom stereocenters. The molecule has 0 aliphatic carbocycles. The fourth-order valence-corrected chi connectivity index (χ4v) is 3.24. The number of hydrogen-bond donors (Lipinski definition) is 1. The number of methoxy groups -OCH3 is 1. The van der Waals surface area contributed by atoms with E-state index in [1.54, 1.807) is 32.3 Å². The first-order chi connectivity index (χ1) is 13.4. The van der Waals surface area contributed by atoms with Crippen molar-refractivity contribution in [1.82, 2.24) is 15.2 Å². The number of ether oxygens (including phenoxy) is 1. The minimum absolute atomic E-state index is 0.0363. The van der Waals surface area contributed by atoms with E-state index >= 15 is 0 Å². The molecule has 1 aromatic heterocycles. The molecule has 146 valence electrons. The predicted molar refractivity (Wildman–Crippen MR) is 109 cm³/mol. The average molecular weight is 400 g/mol. The molecule has 0 spiro atoms. The summed E-state index contributed by atoms with van der Waals surface area (Å²) in [6, 6.07) is 10.8. The van der Waals surface area contributed by atoms with E-state index in [0.717, 1.165) is 17.6 Å². The van der Waals surface area contributed by atoms with Gasteiger partial charge in [-0.05, 0) is 36.2 Å². The van der Waals surface area contributed by atoms with E-state index in [4.69, 9.17) is 16.3 Å². The maximum absolute atomic E-state index is 12.2. The summed E-state index contributed by atoms with van der Waals surface area (Å²) in [7, 11) is 4.95. The Morgan fingerprint density at radius 2 is 1.89 bits per heavy atom. The van der Waals surface area contributed by atoms with Gasteiger partial charge in [-0.1, -0.05) is 29.8 Å². The number of carbonyl (C=O) groups excluding carboxylic acids is 2. The molecule has 0 saturated carbocycles. The second-order valence-corrected chi connectivity index (χ2v) is 7.16. The van der Waals surface area contributed by atoms with Crippen molar-refractivity contribution in [3.05, 3.63) is 64.3 Å². The normalized spacial score (nSPS) is 16.6. The Labute approximate surface area is 169 Å². The number of amides is 2. The Kier molecular flexibility index (Phi) is 5.99. The van der Waals surface area contributed by atoms with Crippen LogP contribution in [0.25, 0.3) is 5.57 Å². The third-order valence-corrected chi connectivity index (χ3v) is 4.82. The zero-order valence-electron chi connectivity index (χ0n) is 16.0. The largest absolute Gasteiger partial charge is 0.480 e. The number of halogens is 1. The third kappa shape index (κ3) is 4.34. The zero-order valence-corrected chi connectivity index (χ0v) is 16.8. The summed E-state index contributed by atoms with van der Waals surface area (Å²) in [5, 5.41) is 3.37. The van der Waals surface area contributed by atoms with Crippen LogP contribution in [-0.2, 0) is 4.79 Å². The molecule has 2 aromatic rings. The average Bonchev–Trinajstić information content (AvgIpc) is 3.11.